The molecule has 0 saturated carbocycles. The molecule has 0 bridgehead atoms. The molecular weight excluding hydrogens is 234 g/mol. The second-order valence-electron chi connectivity index (χ2n) is 3.26. The maximum atomic E-state index is 5.28. The van der Waals surface area contributed by atoms with Gasteiger partial charge in [-0.2, -0.15) is 5.10 Å². The van der Waals surface area contributed by atoms with Crippen molar-refractivity contribution in [3.05, 3.63) is 48.5 Å². The fourth-order valence-electron chi connectivity index (χ4n) is 1.40. The standard InChI is InChI=1S/C11H11N5S/c12-11(17)15-14-7-9-3-1-2-4-10(9)16-6-5-13-8-16/h1-8H,(H3,12,15,17). The summed E-state index contributed by atoms with van der Waals surface area (Å²) in [5, 5.41) is 4.08. The number of aromatic nitrogens is 2. The van der Waals surface area contributed by atoms with Gasteiger partial charge in [-0.15, -0.1) is 0 Å². The van der Waals surface area contributed by atoms with E-state index in [1.54, 1.807) is 18.7 Å². The first kappa shape index (κ1) is 11.3. The largest absolute Gasteiger partial charge is 0.375 e. The molecule has 3 N–H and O–H groups in total. The number of hydrogen-bond acceptors (Lipinski definition) is 3. The predicted molar refractivity (Wildman–Crippen MR) is 71.1 cm³/mol. The zero-order valence-corrected chi connectivity index (χ0v) is 9.76. The second-order valence-corrected chi connectivity index (χ2v) is 3.70. The maximum Gasteiger partial charge on any atom is 0.184 e. The van der Waals surface area contributed by atoms with Gasteiger partial charge >= 0.3 is 0 Å². The molecule has 1 aromatic heterocycles. The van der Waals surface area contributed by atoms with E-state index in [0.717, 1.165) is 11.3 Å². The summed E-state index contributed by atoms with van der Waals surface area (Å²) in [4.78, 5) is 4.01. The van der Waals surface area contributed by atoms with Gasteiger partial charge in [-0.1, -0.05) is 18.2 Å². The number of hydrogen-bond donors (Lipinski definition) is 2. The average molecular weight is 245 g/mol. The first-order valence-electron chi connectivity index (χ1n) is 4.93. The Balaban J connectivity index is 2.28. The van der Waals surface area contributed by atoms with E-state index in [1.807, 2.05) is 35.0 Å². The van der Waals surface area contributed by atoms with Crippen molar-refractivity contribution in [3.8, 4) is 5.69 Å². The number of benzene rings is 1. The third-order valence-corrected chi connectivity index (χ3v) is 2.19. The van der Waals surface area contributed by atoms with Gasteiger partial charge in [0, 0.05) is 18.0 Å². The molecule has 0 aliphatic rings. The van der Waals surface area contributed by atoms with E-state index in [9.17, 15) is 0 Å². The molecule has 2 rings (SSSR count). The predicted octanol–water partition coefficient (Wildman–Crippen LogP) is 1.04. The van der Waals surface area contributed by atoms with Crippen LogP contribution in [-0.4, -0.2) is 20.9 Å². The number of para-hydroxylation sites is 1. The number of nitrogens with two attached hydrogens (primary N) is 1. The lowest BCUT2D eigenvalue weighted by molar-refractivity contribution is 1.03. The normalized spacial score (nSPS) is 10.6. The zero-order chi connectivity index (χ0) is 12.1. The van der Waals surface area contributed by atoms with Gasteiger partial charge in [-0.3, -0.25) is 5.43 Å². The number of nitrogens with zero attached hydrogens (tertiary/aromatic N) is 3. The van der Waals surface area contributed by atoms with Crippen LogP contribution in [0.2, 0.25) is 0 Å². The van der Waals surface area contributed by atoms with Crippen molar-refractivity contribution in [2.45, 2.75) is 0 Å². The van der Waals surface area contributed by atoms with E-state index in [4.69, 9.17) is 5.73 Å². The summed E-state index contributed by atoms with van der Waals surface area (Å²) < 4.78 is 1.90. The van der Waals surface area contributed by atoms with Gasteiger partial charge in [0.15, 0.2) is 5.11 Å². The van der Waals surface area contributed by atoms with E-state index >= 15 is 0 Å². The van der Waals surface area contributed by atoms with E-state index in [-0.39, 0.29) is 5.11 Å². The molecule has 1 aromatic carbocycles. The summed E-state index contributed by atoms with van der Waals surface area (Å²) in [6.45, 7) is 0. The maximum absolute atomic E-state index is 5.28. The van der Waals surface area contributed by atoms with Crippen molar-refractivity contribution >= 4 is 23.5 Å². The highest BCUT2D eigenvalue weighted by molar-refractivity contribution is 7.80. The first-order valence-corrected chi connectivity index (χ1v) is 5.34. The minimum atomic E-state index is 0.140. The van der Waals surface area contributed by atoms with Crippen molar-refractivity contribution in [1.29, 1.82) is 0 Å². The number of rotatable bonds is 3. The van der Waals surface area contributed by atoms with Crippen LogP contribution < -0.4 is 11.2 Å². The van der Waals surface area contributed by atoms with Gasteiger partial charge in [0.05, 0.1) is 18.2 Å². The fraction of sp³-hybridized carbons (Fsp3) is 0. The van der Waals surface area contributed by atoms with E-state index < -0.39 is 0 Å². The third kappa shape index (κ3) is 2.88. The molecular formula is C11H11N5S. The number of imidazole rings is 1. The van der Waals surface area contributed by atoms with Crippen LogP contribution in [0.3, 0.4) is 0 Å². The minimum Gasteiger partial charge on any atom is -0.375 e. The molecule has 86 valence electrons. The van der Waals surface area contributed by atoms with Crippen molar-refractivity contribution in [2.24, 2.45) is 10.8 Å². The molecule has 5 nitrogen and oxygen atoms in total. The molecule has 0 unspecified atom stereocenters. The molecule has 0 fully saturated rings. The Bertz CT molecular complexity index is 533. The average Bonchev–Trinajstić information content (AvgIpc) is 2.82. The summed E-state index contributed by atoms with van der Waals surface area (Å²) in [7, 11) is 0. The molecule has 1 heterocycles. The Labute approximate surface area is 104 Å². The summed E-state index contributed by atoms with van der Waals surface area (Å²) >= 11 is 4.66. The van der Waals surface area contributed by atoms with Gasteiger partial charge in [-0.25, -0.2) is 4.98 Å². The van der Waals surface area contributed by atoms with Crippen LogP contribution in [0.25, 0.3) is 5.69 Å². The highest BCUT2D eigenvalue weighted by Crippen LogP contribution is 2.11. The molecule has 0 aliphatic heterocycles. The van der Waals surface area contributed by atoms with Crippen LogP contribution in [0.5, 0.6) is 0 Å². The molecule has 0 radical (unpaired) electrons. The molecule has 0 aliphatic carbocycles. The molecule has 6 heteroatoms. The van der Waals surface area contributed by atoms with Crippen LogP contribution in [0.15, 0.2) is 48.1 Å². The van der Waals surface area contributed by atoms with E-state index in [2.05, 4.69) is 27.7 Å². The Morgan fingerprint density at radius 3 is 3.00 bits per heavy atom. The lowest BCUT2D eigenvalue weighted by atomic mass is 10.2. The van der Waals surface area contributed by atoms with Crippen LogP contribution in [-0.2, 0) is 0 Å². The van der Waals surface area contributed by atoms with Crippen LogP contribution in [0.4, 0.5) is 0 Å². The Hall–Kier alpha value is -2.21. The van der Waals surface area contributed by atoms with Gasteiger partial charge in [0.1, 0.15) is 0 Å². The Kier molecular flexibility index (Phi) is 3.46. The summed E-state index contributed by atoms with van der Waals surface area (Å²) in [6.07, 6.45) is 6.98. The van der Waals surface area contributed by atoms with Gasteiger partial charge < -0.3 is 10.3 Å². The summed E-state index contributed by atoms with van der Waals surface area (Å²) in [5.74, 6) is 0. The SMILES string of the molecule is NC(=S)NN=Cc1ccccc1-n1ccnc1. The number of nitrogens with one attached hydrogen (secondary N) is 1. The fourth-order valence-corrected chi connectivity index (χ4v) is 1.45. The van der Waals surface area contributed by atoms with Crippen LogP contribution in [0, 0.1) is 0 Å². The zero-order valence-electron chi connectivity index (χ0n) is 8.95. The molecule has 0 saturated heterocycles. The summed E-state index contributed by atoms with van der Waals surface area (Å²) in [5.41, 5.74) is 9.72. The topological polar surface area (TPSA) is 68.2 Å². The van der Waals surface area contributed by atoms with Gasteiger partial charge in [0.2, 0.25) is 0 Å². The van der Waals surface area contributed by atoms with Crippen molar-refractivity contribution in [2.75, 3.05) is 0 Å². The minimum absolute atomic E-state index is 0.140. The first-order chi connectivity index (χ1) is 8.27. The van der Waals surface area contributed by atoms with Crippen molar-refractivity contribution < 1.29 is 0 Å². The van der Waals surface area contributed by atoms with Crippen LogP contribution >= 0.6 is 12.2 Å². The molecule has 0 amide bonds. The van der Waals surface area contributed by atoms with Crippen molar-refractivity contribution in [1.82, 2.24) is 15.0 Å². The molecule has 17 heavy (non-hydrogen) atoms. The highest BCUT2D eigenvalue weighted by atomic mass is 32.1. The lowest BCUT2D eigenvalue weighted by Gasteiger charge is -2.05. The van der Waals surface area contributed by atoms with E-state index in [0.29, 0.717) is 0 Å². The van der Waals surface area contributed by atoms with Crippen molar-refractivity contribution in [3.63, 3.8) is 0 Å². The van der Waals surface area contributed by atoms with Gasteiger partial charge in [0.25, 0.3) is 0 Å². The lowest BCUT2D eigenvalue weighted by Crippen LogP contribution is -2.24. The molecule has 0 atom stereocenters. The van der Waals surface area contributed by atoms with Crippen LogP contribution in [0.1, 0.15) is 5.56 Å². The highest BCUT2D eigenvalue weighted by Gasteiger charge is 2.00. The second kappa shape index (κ2) is 5.22. The molecule has 2 aromatic rings. The number of hydrazone groups is 1. The smallest absolute Gasteiger partial charge is 0.184 e. The Morgan fingerprint density at radius 1 is 1.47 bits per heavy atom. The third-order valence-electron chi connectivity index (χ3n) is 2.10. The molecule has 0 spiro atoms. The number of thiocarbonyl (C=S) groups is 1. The summed E-state index contributed by atoms with van der Waals surface area (Å²) in [6, 6.07) is 7.81. The quantitative estimate of drug-likeness (QED) is 0.481. The monoisotopic (exact) mass is 245 g/mol. The van der Waals surface area contributed by atoms with E-state index in [1.165, 1.54) is 0 Å². The van der Waals surface area contributed by atoms with Gasteiger partial charge in [-0.05, 0) is 18.3 Å². The Morgan fingerprint density at radius 2 is 2.29 bits per heavy atom.